The second-order valence-corrected chi connectivity index (χ2v) is 5.30. The van der Waals surface area contributed by atoms with Gasteiger partial charge in [0.1, 0.15) is 0 Å². The number of methoxy groups -OCH3 is 1. The normalized spacial score (nSPS) is 11.8. The van der Waals surface area contributed by atoms with E-state index in [1.165, 1.54) is 7.11 Å². The Morgan fingerprint density at radius 1 is 1.32 bits per heavy atom. The van der Waals surface area contributed by atoms with E-state index in [0.29, 0.717) is 16.1 Å². The average molecular weight is 321 g/mol. The number of esters is 1. The summed E-state index contributed by atoms with van der Waals surface area (Å²) >= 11 is 6.17. The third-order valence-corrected chi connectivity index (χ3v) is 3.62. The molecule has 1 aromatic heterocycles. The van der Waals surface area contributed by atoms with Crippen LogP contribution in [0.4, 0.5) is 0 Å². The number of hydrogen-bond donors (Lipinski definition) is 1. The van der Waals surface area contributed by atoms with Gasteiger partial charge in [0.25, 0.3) is 5.91 Å². The molecule has 0 bridgehead atoms. The van der Waals surface area contributed by atoms with Crippen molar-refractivity contribution >= 4 is 23.5 Å². The molecule has 22 heavy (non-hydrogen) atoms. The molecule has 1 heterocycles. The topological polar surface area (TPSA) is 60.3 Å². The molecule has 0 aliphatic heterocycles. The Labute approximate surface area is 133 Å². The highest BCUT2D eigenvalue weighted by Crippen LogP contribution is 2.25. The van der Waals surface area contributed by atoms with Gasteiger partial charge in [-0.25, -0.2) is 0 Å². The van der Waals surface area contributed by atoms with E-state index < -0.39 is 12.0 Å². The Morgan fingerprint density at radius 3 is 2.64 bits per heavy atom. The number of hydrogen-bond acceptors (Lipinski definition) is 3. The van der Waals surface area contributed by atoms with Gasteiger partial charge in [0.2, 0.25) is 0 Å². The van der Waals surface area contributed by atoms with E-state index in [0.717, 1.165) is 0 Å². The fourth-order valence-electron chi connectivity index (χ4n) is 2.13. The quantitative estimate of drug-likeness (QED) is 0.862. The molecule has 1 N–H and O–H groups in total. The van der Waals surface area contributed by atoms with Crippen LogP contribution in [0.2, 0.25) is 5.02 Å². The Bertz CT molecular complexity index is 682. The summed E-state index contributed by atoms with van der Waals surface area (Å²) in [6.45, 7) is 0. The van der Waals surface area contributed by atoms with E-state index in [-0.39, 0.29) is 12.3 Å². The van der Waals surface area contributed by atoms with E-state index in [1.807, 2.05) is 7.05 Å². The minimum Gasteiger partial charge on any atom is -0.469 e. The number of aromatic nitrogens is 1. The first-order chi connectivity index (χ1) is 10.5. The number of rotatable bonds is 5. The van der Waals surface area contributed by atoms with Gasteiger partial charge in [-0.1, -0.05) is 29.8 Å². The van der Waals surface area contributed by atoms with Crippen LogP contribution in [0.5, 0.6) is 0 Å². The largest absolute Gasteiger partial charge is 0.469 e. The van der Waals surface area contributed by atoms with Gasteiger partial charge in [0, 0.05) is 24.5 Å². The number of carbonyl (C=O) groups is 2. The van der Waals surface area contributed by atoms with Gasteiger partial charge in [0.15, 0.2) is 0 Å². The van der Waals surface area contributed by atoms with Gasteiger partial charge in [0.05, 0.1) is 25.1 Å². The van der Waals surface area contributed by atoms with Crippen molar-refractivity contribution in [1.29, 1.82) is 0 Å². The van der Waals surface area contributed by atoms with E-state index in [9.17, 15) is 9.59 Å². The summed E-state index contributed by atoms with van der Waals surface area (Å²) in [4.78, 5) is 23.9. The molecule has 1 aromatic carbocycles. The lowest BCUT2D eigenvalue weighted by Gasteiger charge is -2.19. The molecule has 2 aromatic rings. The molecule has 116 valence electrons. The van der Waals surface area contributed by atoms with Gasteiger partial charge >= 0.3 is 5.97 Å². The molecule has 0 saturated carbocycles. The first-order valence-electron chi connectivity index (χ1n) is 6.75. The highest BCUT2D eigenvalue weighted by Gasteiger charge is 2.21. The van der Waals surface area contributed by atoms with Crippen molar-refractivity contribution in [2.24, 2.45) is 7.05 Å². The molecule has 5 nitrogen and oxygen atoms in total. The highest BCUT2D eigenvalue weighted by atomic mass is 35.5. The van der Waals surface area contributed by atoms with Gasteiger partial charge < -0.3 is 14.6 Å². The second kappa shape index (κ2) is 7.13. The van der Waals surface area contributed by atoms with E-state index in [4.69, 9.17) is 16.3 Å². The summed E-state index contributed by atoms with van der Waals surface area (Å²) in [6.07, 6.45) is 3.50. The van der Waals surface area contributed by atoms with Gasteiger partial charge in [-0.05, 0) is 17.7 Å². The van der Waals surface area contributed by atoms with Gasteiger partial charge in [-0.2, -0.15) is 0 Å². The monoisotopic (exact) mass is 320 g/mol. The fourth-order valence-corrected chi connectivity index (χ4v) is 2.39. The van der Waals surface area contributed by atoms with Crippen LogP contribution in [-0.2, 0) is 16.6 Å². The van der Waals surface area contributed by atoms with Gasteiger partial charge in [-0.3, -0.25) is 9.59 Å². The van der Waals surface area contributed by atoms with Crippen molar-refractivity contribution < 1.29 is 14.3 Å². The number of nitrogens with zero attached hydrogens (tertiary/aromatic N) is 1. The molecule has 6 heteroatoms. The van der Waals surface area contributed by atoms with Crippen LogP contribution in [0.15, 0.2) is 42.7 Å². The maximum Gasteiger partial charge on any atom is 0.307 e. The smallest absolute Gasteiger partial charge is 0.307 e. The number of aryl methyl sites for hydroxylation is 1. The third-order valence-electron chi connectivity index (χ3n) is 3.28. The Kier molecular flexibility index (Phi) is 5.22. The Morgan fingerprint density at radius 2 is 2.05 bits per heavy atom. The number of nitrogens with one attached hydrogen (secondary N) is 1. The Balaban J connectivity index is 2.23. The molecule has 0 spiro atoms. The van der Waals surface area contributed by atoms with Crippen molar-refractivity contribution in [3.8, 4) is 0 Å². The molecular formula is C16H17ClN2O3. The first-order valence-corrected chi connectivity index (χ1v) is 7.13. The molecule has 1 amide bonds. The zero-order chi connectivity index (χ0) is 16.1. The van der Waals surface area contributed by atoms with Crippen molar-refractivity contribution in [3.63, 3.8) is 0 Å². The summed E-state index contributed by atoms with van der Waals surface area (Å²) in [6, 6.07) is 8.25. The maximum absolute atomic E-state index is 12.3. The number of carbonyl (C=O) groups excluding carboxylic acids is 2. The zero-order valence-electron chi connectivity index (χ0n) is 12.4. The molecule has 0 aliphatic carbocycles. The lowest BCUT2D eigenvalue weighted by Crippen LogP contribution is -2.30. The lowest BCUT2D eigenvalue weighted by molar-refractivity contribution is -0.141. The minimum atomic E-state index is -0.547. The molecule has 0 aliphatic rings. The predicted octanol–water partition coefficient (Wildman–Crippen LogP) is 2.71. The molecule has 1 atom stereocenters. The molecular weight excluding hydrogens is 304 g/mol. The Hall–Kier alpha value is -2.27. The van der Waals surface area contributed by atoms with Crippen molar-refractivity contribution in [2.45, 2.75) is 12.5 Å². The fraction of sp³-hybridized carbons (Fsp3) is 0.250. The van der Waals surface area contributed by atoms with Crippen LogP contribution < -0.4 is 5.32 Å². The number of ether oxygens (including phenoxy) is 1. The highest BCUT2D eigenvalue weighted by molar-refractivity contribution is 6.31. The summed E-state index contributed by atoms with van der Waals surface area (Å²) in [5.41, 5.74) is 1.20. The maximum atomic E-state index is 12.3. The first kappa shape index (κ1) is 16.1. The van der Waals surface area contributed by atoms with E-state index >= 15 is 0 Å². The molecule has 0 fully saturated rings. The second-order valence-electron chi connectivity index (χ2n) is 4.89. The van der Waals surface area contributed by atoms with Crippen LogP contribution in [0.1, 0.15) is 28.4 Å². The minimum absolute atomic E-state index is 0.0127. The van der Waals surface area contributed by atoms with Crippen molar-refractivity contribution in [3.05, 3.63) is 58.9 Å². The number of amides is 1. The van der Waals surface area contributed by atoms with Crippen molar-refractivity contribution in [2.75, 3.05) is 7.11 Å². The predicted molar refractivity (Wildman–Crippen MR) is 83.7 cm³/mol. The van der Waals surface area contributed by atoms with Gasteiger partial charge in [-0.15, -0.1) is 0 Å². The lowest BCUT2D eigenvalue weighted by atomic mass is 10.0. The SMILES string of the molecule is COC(=O)C[C@@H](NC(=O)c1ccn(C)c1)c1ccccc1Cl. The van der Waals surface area contributed by atoms with Crippen molar-refractivity contribution in [1.82, 2.24) is 9.88 Å². The molecule has 0 radical (unpaired) electrons. The zero-order valence-corrected chi connectivity index (χ0v) is 13.1. The van der Waals surface area contributed by atoms with Crippen LogP contribution in [0.3, 0.4) is 0 Å². The van der Waals surface area contributed by atoms with Crippen LogP contribution in [0, 0.1) is 0 Å². The third kappa shape index (κ3) is 3.89. The summed E-state index contributed by atoms with van der Waals surface area (Å²) in [7, 11) is 3.14. The summed E-state index contributed by atoms with van der Waals surface area (Å²) in [5.74, 6) is -0.687. The molecule has 2 rings (SSSR count). The average Bonchev–Trinajstić information content (AvgIpc) is 2.93. The van der Waals surface area contributed by atoms with Crippen LogP contribution in [-0.4, -0.2) is 23.6 Å². The molecule has 0 unspecified atom stereocenters. The number of halogens is 1. The number of benzene rings is 1. The van der Waals surface area contributed by atoms with Crippen LogP contribution in [0.25, 0.3) is 0 Å². The van der Waals surface area contributed by atoms with E-state index in [1.54, 1.807) is 47.3 Å². The van der Waals surface area contributed by atoms with Crippen LogP contribution >= 0.6 is 11.6 Å². The standard InChI is InChI=1S/C16H17ClN2O3/c1-19-8-7-11(10-19)16(21)18-14(9-15(20)22-2)12-5-3-4-6-13(12)17/h3-8,10,14H,9H2,1-2H3,(H,18,21)/t14-/m1/s1. The summed E-state index contributed by atoms with van der Waals surface area (Å²) in [5, 5.41) is 3.32. The van der Waals surface area contributed by atoms with E-state index in [2.05, 4.69) is 5.32 Å². The summed E-state index contributed by atoms with van der Waals surface area (Å²) < 4.78 is 6.47. The molecule has 0 saturated heterocycles.